The Morgan fingerprint density at radius 3 is 2.83 bits per heavy atom. The average Bonchev–Trinajstić information content (AvgIpc) is 2.28. The zero-order valence-electron chi connectivity index (χ0n) is 10.2. The minimum absolute atomic E-state index is 0.0751. The van der Waals surface area contributed by atoms with Gasteiger partial charge < -0.3 is 5.32 Å². The molecular formula is C13H18ClNO2S. The molecule has 1 atom stereocenters. The Morgan fingerprint density at radius 2 is 2.17 bits per heavy atom. The van der Waals surface area contributed by atoms with Crippen molar-refractivity contribution >= 4 is 21.4 Å². The highest BCUT2D eigenvalue weighted by atomic mass is 35.5. The van der Waals surface area contributed by atoms with Crippen molar-refractivity contribution in [2.75, 3.05) is 12.3 Å². The van der Waals surface area contributed by atoms with Crippen LogP contribution in [0, 0.1) is 0 Å². The first kappa shape index (κ1) is 13.8. The van der Waals surface area contributed by atoms with Gasteiger partial charge in [-0.2, -0.15) is 0 Å². The van der Waals surface area contributed by atoms with Crippen molar-refractivity contribution in [1.82, 2.24) is 5.32 Å². The Kier molecular flexibility index (Phi) is 4.65. The second-order valence-electron chi connectivity index (χ2n) is 4.83. The second-order valence-corrected chi connectivity index (χ2v) is 7.38. The van der Waals surface area contributed by atoms with E-state index in [1.165, 1.54) is 0 Å². The summed E-state index contributed by atoms with van der Waals surface area (Å²) < 4.78 is 24.2. The third kappa shape index (κ3) is 4.26. The van der Waals surface area contributed by atoms with E-state index in [9.17, 15) is 8.42 Å². The van der Waals surface area contributed by atoms with E-state index in [1.807, 2.05) is 0 Å². The van der Waals surface area contributed by atoms with Gasteiger partial charge in [-0.05, 0) is 37.1 Å². The lowest BCUT2D eigenvalue weighted by Gasteiger charge is -2.23. The minimum Gasteiger partial charge on any atom is -0.313 e. The smallest absolute Gasteiger partial charge is 0.155 e. The summed E-state index contributed by atoms with van der Waals surface area (Å²) in [7, 11) is -3.07. The number of hydrogen-bond acceptors (Lipinski definition) is 3. The van der Waals surface area contributed by atoms with E-state index in [1.54, 1.807) is 24.3 Å². The predicted molar refractivity (Wildman–Crippen MR) is 74.6 cm³/mol. The van der Waals surface area contributed by atoms with Crippen molar-refractivity contribution in [2.24, 2.45) is 0 Å². The maximum Gasteiger partial charge on any atom is 0.155 e. The van der Waals surface area contributed by atoms with Crippen LogP contribution in [-0.4, -0.2) is 26.8 Å². The molecule has 0 bridgehead atoms. The van der Waals surface area contributed by atoms with E-state index >= 15 is 0 Å². The van der Waals surface area contributed by atoms with Crippen LogP contribution >= 0.6 is 11.6 Å². The fourth-order valence-electron chi connectivity index (χ4n) is 2.31. The fourth-order valence-corrected chi connectivity index (χ4v) is 4.23. The van der Waals surface area contributed by atoms with E-state index < -0.39 is 9.84 Å². The van der Waals surface area contributed by atoms with E-state index in [0.717, 1.165) is 31.4 Å². The Balaban J connectivity index is 1.98. The Bertz CT molecular complexity index is 495. The maximum absolute atomic E-state index is 12.1. The van der Waals surface area contributed by atoms with Crippen molar-refractivity contribution in [3.05, 3.63) is 34.9 Å². The molecule has 18 heavy (non-hydrogen) atoms. The number of halogens is 1. The van der Waals surface area contributed by atoms with Crippen LogP contribution < -0.4 is 5.32 Å². The molecule has 0 aromatic heterocycles. The van der Waals surface area contributed by atoms with Crippen LogP contribution in [0.3, 0.4) is 0 Å². The zero-order valence-corrected chi connectivity index (χ0v) is 11.8. The molecule has 0 saturated carbocycles. The van der Waals surface area contributed by atoms with Crippen molar-refractivity contribution in [1.29, 1.82) is 0 Å². The highest BCUT2D eigenvalue weighted by Gasteiger charge is 2.21. The molecule has 0 radical (unpaired) electrons. The molecule has 3 nitrogen and oxygen atoms in total. The molecule has 0 aliphatic carbocycles. The fraction of sp³-hybridized carbons (Fsp3) is 0.538. The molecule has 0 amide bonds. The molecule has 100 valence electrons. The standard InChI is InChI=1S/C13H18ClNO2S/c14-12-5-3-4-11(8-12)9-18(16,17)10-13-6-1-2-7-15-13/h3-5,8,13,15H,1-2,6-7,9-10H2. The Morgan fingerprint density at radius 1 is 1.33 bits per heavy atom. The molecule has 1 aromatic carbocycles. The number of rotatable bonds is 4. The van der Waals surface area contributed by atoms with Crippen molar-refractivity contribution in [2.45, 2.75) is 31.1 Å². The van der Waals surface area contributed by atoms with Crippen LogP contribution in [-0.2, 0) is 15.6 Å². The molecule has 1 aromatic rings. The average molecular weight is 288 g/mol. The number of piperidine rings is 1. The molecule has 1 heterocycles. The van der Waals surface area contributed by atoms with Crippen LogP contribution in [0.5, 0.6) is 0 Å². The third-order valence-corrected chi connectivity index (χ3v) is 5.06. The third-order valence-electron chi connectivity index (χ3n) is 3.14. The maximum atomic E-state index is 12.1. The number of sulfone groups is 1. The van der Waals surface area contributed by atoms with E-state index in [4.69, 9.17) is 11.6 Å². The number of benzene rings is 1. The van der Waals surface area contributed by atoms with Gasteiger partial charge in [-0.1, -0.05) is 30.2 Å². The van der Waals surface area contributed by atoms with Gasteiger partial charge in [-0.15, -0.1) is 0 Å². The quantitative estimate of drug-likeness (QED) is 0.925. The van der Waals surface area contributed by atoms with Gasteiger partial charge in [0, 0.05) is 11.1 Å². The van der Waals surface area contributed by atoms with Crippen LogP contribution in [0.4, 0.5) is 0 Å². The van der Waals surface area contributed by atoms with Crippen LogP contribution in [0.25, 0.3) is 0 Å². The minimum atomic E-state index is -3.07. The van der Waals surface area contributed by atoms with Gasteiger partial charge >= 0.3 is 0 Å². The van der Waals surface area contributed by atoms with Gasteiger partial charge in [0.25, 0.3) is 0 Å². The summed E-state index contributed by atoms with van der Waals surface area (Å²) in [6, 6.07) is 7.17. The summed E-state index contributed by atoms with van der Waals surface area (Å²) in [6.07, 6.45) is 3.21. The molecule has 1 N–H and O–H groups in total. The molecule has 0 spiro atoms. The van der Waals surface area contributed by atoms with Crippen LogP contribution in [0.1, 0.15) is 24.8 Å². The number of nitrogens with one attached hydrogen (secondary N) is 1. The monoisotopic (exact) mass is 287 g/mol. The molecule has 2 rings (SSSR count). The second kappa shape index (κ2) is 6.04. The summed E-state index contributed by atoms with van der Waals surface area (Å²) in [4.78, 5) is 0. The van der Waals surface area contributed by atoms with Gasteiger partial charge in [0.05, 0.1) is 11.5 Å². The predicted octanol–water partition coefficient (Wildman–Crippen LogP) is 2.40. The lowest BCUT2D eigenvalue weighted by molar-refractivity contribution is 0.423. The summed E-state index contributed by atoms with van der Waals surface area (Å²) in [5, 5.41) is 3.85. The van der Waals surface area contributed by atoms with Crippen LogP contribution in [0.2, 0.25) is 5.02 Å². The Labute approximate surface area is 113 Å². The SMILES string of the molecule is O=S(=O)(Cc1cccc(Cl)c1)CC1CCCCN1. The first-order chi connectivity index (χ1) is 8.55. The zero-order chi connectivity index (χ0) is 13.0. The molecule has 1 saturated heterocycles. The summed E-state index contributed by atoms with van der Waals surface area (Å²) in [5.41, 5.74) is 0.762. The topological polar surface area (TPSA) is 46.2 Å². The molecular weight excluding hydrogens is 270 g/mol. The summed E-state index contributed by atoms with van der Waals surface area (Å²) >= 11 is 5.86. The van der Waals surface area contributed by atoms with E-state index in [0.29, 0.717) is 5.02 Å². The highest BCUT2D eigenvalue weighted by molar-refractivity contribution is 7.90. The summed E-state index contributed by atoms with van der Waals surface area (Å²) in [6.45, 7) is 0.928. The van der Waals surface area contributed by atoms with Gasteiger partial charge in [0.15, 0.2) is 9.84 Å². The van der Waals surface area contributed by atoms with E-state index in [2.05, 4.69) is 5.32 Å². The molecule has 1 unspecified atom stereocenters. The molecule has 1 aliphatic heterocycles. The van der Waals surface area contributed by atoms with Gasteiger partial charge in [0.1, 0.15) is 0 Å². The summed E-state index contributed by atoms with van der Waals surface area (Å²) in [5.74, 6) is 0.297. The lowest BCUT2D eigenvalue weighted by atomic mass is 10.1. The molecule has 1 fully saturated rings. The highest BCUT2D eigenvalue weighted by Crippen LogP contribution is 2.16. The first-order valence-corrected chi connectivity index (χ1v) is 8.43. The molecule has 5 heteroatoms. The van der Waals surface area contributed by atoms with E-state index in [-0.39, 0.29) is 17.5 Å². The Hall–Kier alpha value is -0.580. The largest absolute Gasteiger partial charge is 0.313 e. The van der Waals surface area contributed by atoms with Gasteiger partial charge in [-0.25, -0.2) is 8.42 Å². The normalized spacial score (nSPS) is 20.8. The van der Waals surface area contributed by atoms with Gasteiger partial charge in [0.2, 0.25) is 0 Å². The van der Waals surface area contributed by atoms with Crippen LogP contribution in [0.15, 0.2) is 24.3 Å². The number of hydrogen-bond donors (Lipinski definition) is 1. The first-order valence-electron chi connectivity index (χ1n) is 6.23. The van der Waals surface area contributed by atoms with Crippen molar-refractivity contribution in [3.8, 4) is 0 Å². The van der Waals surface area contributed by atoms with Crippen molar-refractivity contribution in [3.63, 3.8) is 0 Å². The lowest BCUT2D eigenvalue weighted by Crippen LogP contribution is -2.39. The van der Waals surface area contributed by atoms with Gasteiger partial charge in [-0.3, -0.25) is 0 Å². The molecule has 1 aliphatic rings. The van der Waals surface area contributed by atoms with Crippen molar-refractivity contribution < 1.29 is 8.42 Å².